The first kappa shape index (κ1) is 12.3. The van der Waals surface area contributed by atoms with Gasteiger partial charge in [-0.15, -0.1) is 10.2 Å². The summed E-state index contributed by atoms with van der Waals surface area (Å²) in [4.78, 5) is 0. The van der Waals surface area contributed by atoms with Crippen LogP contribution < -0.4 is 0 Å². The lowest BCUT2D eigenvalue weighted by Gasteiger charge is -2.22. The minimum Gasteiger partial charge on any atom is -0.308 e. The second-order valence-corrected chi connectivity index (χ2v) is 6.03. The summed E-state index contributed by atoms with van der Waals surface area (Å²) in [6.45, 7) is 8.49. The van der Waals surface area contributed by atoms with E-state index in [2.05, 4.69) is 76.6 Å². The normalized spacial score (nSPS) is 11.8. The average molecular weight is 294 g/mol. The van der Waals surface area contributed by atoms with Crippen LogP contribution in [0, 0.1) is 6.92 Å². The Balaban J connectivity index is 2.58. The molecular weight excluding hydrogens is 278 g/mol. The minimum atomic E-state index is -0.0246. The van der Waals surface area contributed by atoms with E-state index < -0.39 is 0 Å². The van der Waals surface area contributed by atoms with Gasteiger partial charge in [0.15, 0.2) is 5.82 Å². The summed E-state index contributed by atoms with van der Waals surface area (Å²) in [7, 11) is 0. The molecule has 0 saturated carbocycles. The number of aromatic nitrogens is 3. The van der Waals surface area contributed by atoms with Crippen LogP contribution in [-0.4, -0.2) is 14.8 Å². The van der Waals surface area contributed by atoms with Crippen LogP contribution in [0.15, 0.2) is 29.0 Å². The largest absolute Gasteiger partial charge is 0.308 e. The molecule has 0 saturated heterocycles. The number of benzene rings is 1. The molecule has 0 fully saturated rings. The van der Waals surface area contributed by atoms with E-state index >= 15 is 0 Å². The van der Waals surface area contributed by atoms with Crippen molar-refractivity contribution in [2.75, 3.05) is 0 Å². The Kier molecular flexibility index (Phi) is 3.08. The highest BCUT2D eigenvalue weighted by molar-refractivity contribution is 9.10. The van der Waals surface area contributed by atoms with E-state index in [0.29, 0.717) is 0 Å². The molecule has 0 unspecified atom stereocenters. The lowest BCUT2D eigenvalue weighted by atomic mass is 10.1. The monoisotopic (exact) mass is 293 g/mol. The predicted molar refractivity (Wildman–Crippen MR) is 72.9 cm³/mol. The molecule has 0 bridgehead atoms. The summed E-state index contributed by atoms with van der Waals surface area (Å²) in [5.74, 6) is 0.893. The molecule has 17 heavy (non-hydrogen) atoms. The maximum Gasteiger partial charge on any atom is 0.165 e. The van der Waals surface area contributed by atoms with Gasteiger partial charge in [0.25, 0.3) is 0 Å². The molecule has 0 aliphatic carbocycles. The van der Waals surface area contributed by atoms with E-state index in [9.17, 15) is 0 Å². The van der Waals surface area contributed by atoms with E-state index in [-0.39, 0.29) is 5.54 Å². The van der Waals surface area contributed by atoms with E-state index in [1.807, 2.05) is 0 Å². The van der Waals surface area contributed by atoms with Gasteiger partial charge in [-0.05, 0) is 45.4 Å². The van der Waals surface area contributed by atoms with E-state index in [0.717, 1.165) is 15.9 Å². The third kappa shape index (κ3) is 2.41. The van der Waals surface area contributed by atoms with Gasteiger partial charge < -0.3 is 4.57 Å². The highest BCUT2D eigenvalue weighted by atomic mass is 79.9. The van der Waals surface area contributed by atoms with Crippen LogP contribution in [0.5, 0.6) is 0 Å². The molecule has 0 aliphatic rings. The Bertz CT molecular complexity index is 538. The summed E-state index contributed by atoms with van der Waals surface area (Å²) < 4.78 is 3.14. The van der Waals surface area contributed by atoms with Crippen molar-refractivity contribution >= 4 is 15.9 Å². The second-order valence-electron chi connectivity index (χ2n) is 5.18. The number of nitrogens with zero attached hydrogens (tertiary/aromatic N) is 3. The van der Waals surface area contributed by atoms with Crippen molar-refractivity contribution in [1.29, 1.82) is 0 Å². The Labute approximate surface area is 110 Å². The van der Waals surface area contributed by atoms with E-state index in [1.54, 1.807) is 6.33 Å². The highest BCUT2D eigenvalue weighted by Crippen LogP contribution is 2.30. The lowest BCUT2D eigenvalue weighted by Crippen LogP contribution is -2.21. The van der Waals surface area contributed by atoms with E-state index in [4.69, 9.17) is 0 Å². The van der Waals surface area contributed by atoms with Crippen molar-refractivity contribution in [2.45, 2.75) is 33.2 Å². The molecule has 3 nitrogen and oxygen atoms in total. The quantitative estimate of drug-likeness (QED) is 0.801. The molecule has 1 heterocycles. The Morgan fingerprint density at radius 1 is 1.24 bits per heavy atom. The van der Waals surface area contributed by atoms with Crippen LogP contribution in [0.4, 0.5) is 0 Å². The molecule has 0 aliphatic heterocycles. The summed E-state index contributed by atoms with van der Waals surface area (Å²) in [6.07, 6.45) is 1.78. The maximum absolute atomic E-state index is 4.23. The molecule has 0 N–H and O–H groups in total. The number of hydrogen-bond acceptors (Lipinski definition) is 2. The first-order valence-electron chi connectivity index (χ1n) is 5.56. The Morgan fingerprint density at radius 2 is 1.94 bits per heavy atom. The number of hydrogen-bond donors (Lipinski definition) is 0. The maximum atomic E-state index is 4.23. The third-order valence-electron chi connectivity index (χ3n) is 2.64. The van der Waals surface area contributed by atoms with Gasteiger partial charge in [0.1, 0.15) is 6.33 Å². The smallest absolute Gasteiger partial charge is 0.165 e. The molecule has 4 heteroatoms. The molecule has 1 aromatic carbocycles. The Hall–Kier alpha value is -1.16. The molecule has 0 atom stereocenters. The fourth-order valence-electron chi connectivity index (χ4n) is 1.71. The van der Waals surface area contributed by atoms with Gasteiger partial charge >= 0.3 is 0 Å². The van der Waals surface area contributed by atoms with Crippen molar-refractivity contribution in [3.63, 3.8) is 0 Å². The fraction of sp³-hybridized carbons (Fsp3) is 0.385. The zero-order valence-electron chi connectivity index (χ0n) is 10.5. The molecule has 0 spiro atoms. The zero-order valence-corrected chi connectivity index (χ0v) is 12.1. The molecule has 1 aromatic heterocycles. The van der Waals surface area contributed by atoms with Gasteiger partial charge in [-0.25, -0.2) is 0 Å². The predicted octanol–water partition coefficient (Wildman–Crippen LogP) is 3.77. The van der Waals surface area contributed by atoms with Crippen molar-refractivity contribution in [3.8, 4) is 11.4 Å². The second kappa shape index (κ2) is 4.26. The number of halogens is 1. The van der Waals surface area contributed by atoms with Gasteiger partial charge in [0.2, 0.25) is 0 Å². The van der Waals surface area contributed by atoms with Gasteiger partial charge in [0.05, 0.1) is 0 Å². The molecule has 0 radical (unpaired) electrons. The summed E-state index contributed by atoms with van der Waals surface area (Å²) in [5.41, 5.74) is 2.27. The standard InChI is InChI=1S/C13H16BrN3/c1-9-5-6-10(11(14)7-9)12-16-15-8-17(12)13(2,3)4/h5-8H,1-4H3. The summed E-state index contributed by atoms with van der Waals surface area (Å²) in [6, 6.07) is 6.25. The molecule has 2 rings (SSSR count). The number of aryl methyl sites for hydroxylation is 1. The van der Waals surface area contributed by atoms with Gasteiger partial charge in [-0.1, -0.05) is 22.0 Å². The van der Waals surface area contributed by atoms with Crippen LogP contribution in [0.1, 0.15) is 26.3 Å². The summed E-state index contributed by atoms with van der Waals surface area (Å²) >= 11 is 3.59. The number of rotatable bonds is 1. The SMILES string of the molecule is Cc1ccc(-c2nncn2C(C)(C)C)c(Br)c1. The van der Waals surface area contributed by atoms with Crippen molar-refractivity contribution in [3.05, 3.63) is 34.6 Å². The lowest BCUT2D eigenvalue weighted by molar-refractivity contribution is 0.399. The van der Waals surface area contributed by atoms with Crippen LogP contribution in [-0.2, 0) is 5.54 Å². The Morgan fingerprint density at radius 3 is 2.53 bits per heavy atom. The fourth-order valence-corrected chi connectivity index (χ4v) is 2.38. The highest BCUT2D eigenvalue weighted by Gasteiger charge is 2.19. The first-order chi connectivity index (χ1) is 7.89. The molecule has 0 amide bonds. The average Bonchev–Trinajstić information content (AvgIpc) is 2.65. The van der Waals surface area contributed by atoms with Crippen LogP contribution in [0.3, 0.4) is 0 Å². The van der Waals surface area contributed by atoms with Crippen LogP contribution >= 0.6 is 15.9 Å². The van der Waals surface area contributed by atoms with E-state index in [1.165, 1.54) is 5.56 Å². The first-order valence-corrected chi connectivity index (χ1v) is 6.36. The zero-order chi connectivity index (χ0) is 12.6. The molecular formula is C13H16BrN3. The van der Waals surface area contributed by atoms with Gasteiger partial charge in [-0.2, -0.15) is 0 Å². The van der Waals surface area contributed by atoms with Crippen LogP contribution in [0.2, 0.25) is 0 Å². The topological polar surface area (TPSA) is 30.7 Å². The van der Waals surface area contributed by atoms with Crippen molar-refractivity contribution in [2.24, 2.45) is 0 Å². The van der Waals surface area contributed by atoms with Crippen molar-refractivity contribution < 1.29 is 0 Å². The molecule has 90 valence electrons. The summed E-state index contributed by atoms with van der Waals surface area (Å²) in [5, 5.41) is 8.25. The van der Waals surface area contributed by atoms with Crippen molar-refractivity contribution in [1.82, 2.24) is 14.8 Å². The van der Waals surface area contributed by atoms with Crippen LogP contribution in [0.25, 0.3) is 11.4 Å². The minimum absolute atomic E-state index is 0.0246. The van der Waals surface area contributed by atoms with Gasteiger partial charge in [-0.3, -0.25) is 0 Å². The molecule has 2 aromatic rings. The third-order valence-corrected chi connectivity index (χ3v) is 3.29. The van der Waals surface area contributed by atoms with Gasteiger partial charge in [0, 0.05) is 15.6 Å².